The van der Waals surface area contributed by atoms with Gasteiger partial charge in [-0.05, 0) is 6.92 Å². The molecule has 5 heteroatoms. The Morgan fingerprint density at radius 2 is 2.20 bits per heavy atom. The van der Waals surface area contributed by atoms with E-state index in [0.29, 0.717) is 17.7 Å². The minimum Gasteiger partial charge on any atom is -0.367 e. The van der Waals surface area contributed by atoms with E-state index in [4.69, 9.17) is 0 Å². The van der Waals surface area contributed by atoms with Gasteiger partial charge in [-0.1, -0.05) is 18.7 Å². The van der Waals surface area contributed by atoms with Crippen LogP contribution < -0.4 is 0 Å². The number of benzene rings is 1. The van der Waals surface area contributed by atoms with Crippen LogP contribution in [0.2, 0.25) is 0 Å². The summed E-state index contributed by atoms with van der Waals surface area (Å²) in [6, 6.07) is 1.82. The fraction of sp³-hybridized carbons (Fsp3) is 0.300. The third kappa shape index (κ3) is 2.01. The SMILES string of the molecule is Cc1cc2c(c(C)c1[N+](=O)[O-])[C-]=NC2.[Y+3]. The maximum absolute atomic E-state index is 10.8. The molecule has 1 heterocycles. The van der Waals surface area contributed by atoms with E-state index in [-0.39, 0.29) is 43.3 Å². The molecule has 4 nitrogen and oxygen atoms in total. The summed E-state index contributed by atoms with van der Waals surface area (Å²) in [5.41, 5.74) is 3.39. The summed E-state index contributed by atoms with van der Waals surface area (Å²) in [6.07, 6.45) is 2.81. The van der Waals surface area contributed by atoms with Crippen molar-refractivity contribution in [2.45, 2.75) is 20.4 Å². The van der Waals surface area contributed by atoms with E-state index in [0.717, 1.165) is 11.1 Å². The van der Waals surface area contributed by atoms with Gasteiger partial charge in [0.05, 0.1) is 0 Å². The quantitative estimate of drug-likeness (QED) is 0.448. The number of nitro groups is 1. The molecule has 0 saturated heterocycles. The molecule has 0 spiro atoms. The smallest absolute Gasteiger partial charge is 0.367 e. The van der Waals surface area contributed by atoms with E-state index >= 15 is 0 Å². The molecule has 1 aromatic rings. The van der Waals surface area contributed by atoms with Crippen molar-refractivity contribution in [3.63, 3.8) is 0 Å². The fourth-order valence-corrected chi connectivity index (χ4v) is 1.82. The number of nitro benzene ring substituents is 1. The number of hydrogen-bond donors (Lipinski definition) is 0. The first-order valence-corrected chi connectivity index (χ1v) is 4.31. The van der Waals surface area contributed by atoms with Gasteiger partial charge in [0.1, 0.15) is 0 Å². The van der Waals surface area contributed by atoms with E-state index in [2.05, 4.69) is 11.2 Å². The summed E-state index contributed by atoms with van der Waals surface area (Å²) in [7, 11) is 0. The maximum atomic E-state index is 10.8. The van der Waals surface area contributed by atoms with Crippen molar-refractivity contribution in [3.8, 4) is 0 Å². The second-order valence-corrected chi connectivity index (χ2v) is 3.39. The summed E-state index contributed by atoms with van der Waals surface area (Å²) in [6.45, 7) is 4.09. The van der Waals surface area contributed by atoms with Crippen LogP contribution >= 0.6 is 0 Å². The van der Waals surface area contributed by atoms with Crippen molar-refractivity contribution in [1.29, 1.82) is 0 Å². The van der Waals surface area contributed by atoms with Crippen molar-refractivity contribution >= 4 is 11.9 Å². The van der Waals surface area contributed by atoms with Gasteiger partial charge in [0, 0.05) is 17.0 Å². The first-order valence-electron chi connectivity index (χ1n) is 4.31. The average molecular weight is 278 g/mol. The van der Waals surface area contributed by atoms with Crippen molar-refractivity contribution in [3.05, 3.63) is 38.4 Å². The van der Waals surface area contributed by atoms with Crippen molar-refractivity contribution < 1.29 is 37.6 Å². The molecule has 1 aromatic carbocycles. The zero-order chi connectivity index (χ0) is 10.3. The average Bonchev–Trinajstić information content (AvgIpc) is 2.50. The monoisotopic (exact) mass is 278 g/mol. The molecule has 1 aliphatic rings. The molecular weight excluding hydrogens is 269 g/mol. The second-order valence-electron chi connectivity index (χ2n) is 3.39. The molecule has 0 radical (unpaired) electrons. The largest absolute Gasteiger partial charge is 3.00 e. The number of aryl methyl sites for hydroxylation is 1. The predicted octanol–water partition coefficient (Wildman–Crippen LogP) is 2.02. The van der Waals surface area contributed by atoms with Crippen LogP contribution in [0.5, 0.6) is 0 Å². The first kappa shape index (κ1) is 12.5. The number of nitrogens with zero attached hydrogens (tertiary/aromatic N) is 2. The Balaban J connectivity index is 0.00000112. The number of rotatable bonds is 1. The Hall–Kier alpha value is -0.606. The third-order valence-corrected chi connectivity index (χ3v) is 2.44. The molecular formula is C10H9N2O2Y+2. The van der Waals surface area contributed by atoms with Crippen LogP contribution in [-0.4, -0.2) is 11.1 Å². The Morgan fingerprint density at radius 1 is 1.53 bits per heavy atom. The van der Waals surface area contributed by atoms with Crippen LogP contribution in [-0.2, 0) is 39.3 Å². The molecule has 15 heavy (non-hydrogen) atoms. The maximum Gasteiger partial charge on any atom is 3.00 e. The molecule has 0 unspecified atom stereocenters. The minimum atomic E-state index is -0.342. The summed E-state index contributed by atoms with van der Waals surface area (Å²) in [5, 5.41) is 10.8. The van der Waals surface area contributed by atoms with E-state index in [1.807, 2.05) is 6.07 Å². The van der Waals surface area contributed by atoms with Crippen LogP contribution in [0.1, 0.15) is 22.3 Å². The van der Waals surface area contributed by atoms with E-state index in [9.17, 15) is 10.1 Å². The summed E-state index contributed by atoms with van der Waals surface area (Å²) in [5.74, 6) is 0. The number of fused-ring (bicyclic) bond motifs is 1. The molecule has 0 bridgehead atoms. The molecule has 0 saturated carbocycles. The second kappa shape index (κ2) is 4.50. The van der Waals surface area contributed by atoms with Gasteiger partial charge in [-0.3, -0.25) is 10.1 Å². The molecule has 0 atom stereocenters. The Kier molecular flexibility index (Phi) is 3.73. The van der Waals surface area contributed by atoms with Gasteiger partial charge in [-0.25, -0.2) is 0 Å². The normalized spacial score (nSPS) is 12.1. The van der Waals surface area contributed by atoms with Crippen LogP contribution in [0.3, 0.4) is 0 Å². The standard InChI is InChI=1S/C10H9N2O2.Y/c1-6-3-8-4-11-5-9(8)7(2)10(6)12(13)14;/h3H,4H2,1-2H3;/q-1;+3. The van der Waals surface area contributed by atoms with Gasteiger partial charge >= 0.3 is 32.7 Å². The molecule has 2 rings (SSSR count). The van der Waals surface area contributed by atoms with Crippen molar-refractivity contribution in [2.24, 2.45) is 4.99 Å². The molecule has 0 N–H and O–H groups in total. The van der Waals surface area contributed by atoms with Crippen molar-refractivity contribution in [2.75, 3.05) is 0 Å². The minimum absolute atomic E-state index is 0. The summed E-state index contributed by atoms with van der Waals surface area (Å²) in [4.78, 5) is 14.4. The predicted molar refractivity (Wildman–Crippen MR) is 52.8 cm³/mol. The van der Waals surface area contributed by atoms with Crippen LogP contribution in [0.25, 0.3) is 0 Å². The van der Waals surface area contributed by atoms with E-state index < -0.39 is 0 Å². The van der Waals surface area contributed by atoms with Gasteiger partial charge in [-0.2, -0.15) is 5.56 Å². The van der Waals surface area contributed by atoms with Gasteiger partial charge in [0.15, 0.2) is 0 Å². The molecule has 0 aliphatic carbocycles. The number of aliphatic imine (C=N–C) groups is 1. The molecule has 0 fully saturated rings. The van der Waals surface area contributed by atoms with Crippen LogP contribution in [0, 0.1) is 24.0 Å². The summed E-state index contributed by atoms with van der Waals surface area (Å²) >= 11 is 0. The van der Waals surface area contributed by atoms with Gasteiger partial charge in [0.25, 0.3) is 0 Å². The summed E-state index contributed by atoms with van der Waals surface area (Å²) < 4.78 is 0. The van der Waals surface area contributed by atoms with Gasteiger partial charge in [0.2, 0.25) is 5.69 Å². The third-order valence-electron chi connectivity index (χ3n) is 2.44. The van der Waals surface area contributed by atoms with Crippen LogP contribution in [0.4, 0.5) is 5.69 Å². The van der Waals surface area contributed by atoms with E-state index in [1.165, 1.54) is 0 Å². The van der Waals surface area contributed by atoms with Crippen molar-refractivity contribution in [1.82, 2.24) is 0 Å². The molecule has 72 valence electrons. The molecule has 0 aromatic heterocycles. The zero-order valence-electron chi connectivity index (χ0n) is 8.57. The Morgan fingerprint density at radius 3 is 2.80 bits per heavy atom. The Bertz CT molecular complexity index is 455. The van der Waals surface area contributed by atoms with Gasteiger partial charge in [-0.15, -0.1) is 11.6 Å². The fourth-order valence-electron chi connectivity index (χ4n) is 1.82. The zero-order valence-corrected chi connectivity index (χ0v) is 11.4. The topological polar surface area (TPSA) is 55.5 Å². The molecule has 0 amide bonds. The Labute approximate surface area is 113 Å². The van der Waals surface area contributed by atoms with Gasteiger partial charge < -0.3 is 4.99 Å². The molecule has 1 aliphatic heterocycles. The van der Waals surface area contributed by atoms with E-state index in [1.54, 1.807) is 13.8 Å². The van der Waals surface area contributed by atoms with Crippen LogP contribution in [0.15, 0.2) is 11.1 Å². The first-order chi connectivity index (χ1) is 6.61. The number of hydrogen-bond acceptors (Lipinski definition) is 3.